The first-order valence-corrected chi connectivity index (χ1v) is 5.32. The van der Waals surface area contributed by atoms with E-state index in [0.29, 0.717) is 12.0 Å². The van der Waals surface area contributed by atoms with Crippen LogP contribution in [0.15, 0.2) is 24.3 Å². The Kier molecular flexibility index (Phi) is 4.91. The van der Waals surface area contributed by atoms with Crippen molar-refractivity contribution < 1.29 is 27.5 Å². The molecular formula is C12H12F3NO3. The number of rotatable bonds is 5. The maximum atomic E-state index is 12.4. The molecule has 1 amide bonds. The van der Waals surface area contributed by atoms with Gasteiger partial charge in [0, 0.05) is 0 Å². The molecule has 0 saturated carbocycles. The van der Waals surface area contributed by atoms with E-state index in [1.165, 1.54) is 19.2 Å². The Labute approximate surface area is 107 Å². The van der Waals surface area contributed by atoms with Crippen LogP contribution in [-0.2, 0) is 20.5 Å². The fourth-order valence-corrected chi connectivity index (χ4v) is 1.51. The molecule has 0 bridgehead atoms. The first-order chi connectivity index (χ1) is 8.88. The molecule has 0 aromatic heterocycles. The number of esters is 1. The maximum absolute atomic E-state index is 12.4. The number of hydrogen-bond acceptors (Lipinski definition) is 3. The molecule has 0 saturated heterocycles. The Morgan fingerprint density at radius 3 is 2.37 bits per heavy atom. The lowest BCUT2D eigenvalue weighted by Gasteiger charge is -2.16. The van der Waals surface area contributed by atoms with Crippen LogP contribution in [0.3, 0.4) is 0 Å². The highest BCUT2D eigenvalue weighted by molar-refractivity contribution is 5.70. The number of amides is 1. The van der Waals surface area contributed by atoms with Crippen LogP contribution >= 0.6 is 0 Å². The summed E-state index contributed by atoms with van der Waals surface area (Å²) in [5, 5.41) is 2.36. The average Bonchev–Trinajstić information content (AvgIpc) is 2.37. The highest BCUT2D eigenvalue weighted by atomic mass is 19.4. The van der Waals surface area contributed by atoms with Gasteiger partial charge >= 0.3 is 12.1 Å². The van der Waals surface area contributed by atoms with E-state index in [1.807, 2.05) is 0 Å². The van der Waals surface area contributed by atoms with Crippen LogP contribution in [0.25, 0.3) is 0 Å². The Morgan fingerprint density at radius 1 is 1.37 bits per heavy atom. The number of nitrogens with one attached hydrogen (secondary N) is 1. The van der Waals surface area contributed by atoms with Crippen LogP contribution in [-0.4, -0.2) is 19.5 Å². The highest BCUT2D eigenvalue weighted by Gasteiger charge is 2.30. The summed E-state index contributed by atoms with van der Waals surface area (Å²) < 4.78 is 41.6. The molecule has 1 aromatic carbocycles. The van der Waals surface area contributed by atoms with Crippen LogP contribution in [0.1, 0.15) is 23.6 Å². The van der Waals surface area contributed by atoms with Gasteiger partial charge in [-0.2, -0.15) is 13.2 Å². The lowest BCUT2D eigenvalue weighted by molar-refractivity contribution is -0.141. The van der Waals surface area contributed by atoms with E-state index in [1.54, 1.807) is 0 Å². The van der Waals surface area contributed by atoms with E-state index < -0.39 is 23.8 Å². The molecule has 7 heteroatoms. The number of methoxy groups -OCH3 is 1. The summed E-state index contributed by atoms with van der Waals surface area (Å²) in [4.78, 5) is 21.6. The highest BCUT2D eigenvalue weighted by Crippen LogP contribution is 2.30. The van der Waals surface area contributed by atoms with E-state index in [2.05, 4.69) is 10.1 Å². The molecule has 0 spiro atoms. The molecule has 0 heterocycles. The lowest BCUT2D eigenvalue weighted by Crippen LogP contribution is -2.23. The van der Waals surface area contributed by atoms with Crippen molar-refractivity contribution in [2.45, 2.75) is 18.6 Å². The van der Waals surface area contributed by atoms with Crippen molar-refractivity contribution in [2.24, 2.45) is 0 Å². The largest absolute Gasteiger partial charge is 0.469 e. The second kappa shape index (κ2) is 6.21. The Bertz CT molecular complexity index is 443. The molecule has 0 radical (unpaired) electrons. The molecule has 1 aromatic rings. The van der Waals surface area contributed by atoms with Crippen LogP contribution < -0.4 is 5.32 Å². The van der Waals surface area contributed by atoms with Gasteiger partial charge in [0.2, 0.25) is 6.41 Å². The normalized spacial score (nSPS) is 12.6. The summed E-state index contributed by atoms with van der Waals surface area (Å²) in [7, 11) is 1.19. The molecule has 104 valence electrons. The van der Waals surface area contributed by atoms with Gasteiger partial charge in [0.15, 0.2) is 0 Å². The molecular weight excluding hydrogens is 263 g/mol. The minimum absolute atomic E-state index is 0.152. The van der Waals surface area contributed by atoms with Gasteiger partial charge in [-0.15, -0.1) is 0 Å². The predicted octanol–water partition coefficient (Wildman–Crippen LogP) is 2.06. The minimum atomic E-state index is -4.42. The molecule has 1 atom stereocenters. The van der Waals surface area contributed by atoms with Gasteiger partial charge in [-0.25, -0.2) is 0 Å². The zero-order chi connectivity index (χ0) is 14.5. The molecule has 0 aliphatic carbocycles. The summed E-state index contributed by atoms with van der Waals surface area (Å²) in [6.07, 6.45) is -4.19. The van der Waals surface area contributed by atoms with Gasteiger partial charge in [-0.3, -0.25) is 9.59 Å². The standard InChI is InChI=1S/C12H12F3NO3/c1-19-11(18)6-10(16-7-17)8-2-4-9(5-3-8)12(13,14)15/h2-5,7,10H,6H2,1H3,(H,16,17). The first kappa shape index (κ1) is 15.0. The predicted molar refractivity (Wildman–Crippen MR) is 60.0 cm³/mol. The summed E-state index contributed by atoms with van der Waals surface area (Å²) in [5.41, 5.74) is -0.398. The number of benzene rings is 1. The topological polar surface area (TPSA) is 55.4 Å². The number of hydrogen-bond donors (Lipinski definition) is 1. The van der Waals surface area contributed by atoms with Gasteiger partial charge in [0.1, 0.15) is 0 Å². The number of alkyl halides is 3. The van der Waals surface area contributed by atoms with E-state index in [4.69, 9.17) is 0 Å². The van der Waals surface area contributed by atoms with Gasteiger partial charge in [0.05, 0.1) is 25.1 Å². The molecule has 19 heavy (non-hydrogen) atoms. The van der Waals surface area contributed by atoms with Crippen molar-refractivity contribution >= 4 is 12.4 Å². The van der Waals surface area contributed by atoms with E-state index in [0.717, 1.165) is 12.1 Å². The van der Waals surface area contributed by atoms with Gasteiger partial charge in [0.25, 0.3) is 0 Å². The smallest absolute Gasteiger partial charge is 0.416 e. The third kappa shape index (κ3) is 4.27. The van der Waals surface area contributed by atoms with Crippen LogP contribution in [0.2, 0.25) is 0 Å². The average molecular weight is 275 g/mol. The SMILES string of the molecule is COC(=O)CC(NC=O)c1ccc(C(F)(F)F)cc1. The summed E-state index contributed by atoms with van der Waals surface area (Å²) in [6, 6.07) is 3.50. The van der Waals surface area contributed by atoms with Crippen LogP contribution in [0.5, 0.6) is 0 Å². The quantitative estimate of drug-likeness (QED) is 0.661. The second-order valence-corrected chi connectivity index (χ2v) is 3.74. The molecule has 4 nitrogen and oxygen atoms in total. The van der Waals surface area contributed by atoms with Gasteiger partial charge in [-0.05, 0) is 17.7 Å². The maximum Gasteiger partial charge on any atom is 0.416 e. The van der Waals surface area contributed by atoms with Gasteiger partial charge < -0.3 is 10.1 Å². The third-order valence-electron chi connectivity index (χ3n) is 2.51. The number of ether oxygens (including phenoxy) is 1. The zero-order valence-electron chi connectivity index (χ0n) is 10.0. The fraction of sp³-hybridized carbons (Fsp3) is 0.333. The van der Waals surface area contributed by atoms with Crippen molar-refractivity contribution in [1.29, 1.82) is 0 Å². The van der Waals surface area contributed by atoms with Crippen molar-refractivity contribution in [3.8, 4) is 0 Å². The Balaban J connectivity index is 2.91. The van der Waals surface area contributed by atoms with Crippen molar-refractivity contribution in [1.82, 2.24) is 5.32 Å². The van der Waals surface area contributed by atoms with Crippen LogP contribution in [0, 0.1) is 0 Å². The second-order valence-electron chi connectivity index (χ2n) is 3.74. The molecule has 0 fully saturated rings. The molecule has 0 aliphatic heterocycles. The van der Waals surface area contributed by atoms with Crippen molar-refractivity contribution in [3.63, 3.8) is 0 Å². The fourth-order valence-electron chi connectivity index (χ4n) is 1.51. The van der Waals surface area contributed by atoms with Crippen molar-refractivity contribution in [3.05, 3.63) is 35.4 Å². The summed E-state index contributed by atoms with van der Waals surface area (Å²) in [5.74, 6) is -0.570. The third-order valence-corrected chi connectivity index (χ3v) is 2.51. The zero-order valence-corrected chi connectivity index (χ0v) is 10.0. The molecule has 0 aliphatic rings. The number of carbonyl (C=O) groups is 2. The summed E-state index contributed by atoms with van der Waals surface area (Å²) >= 11 is 0. The molecule has 1 unspecified atom stereocenters. The number of carbonyl (C=O) groups excluding carboxylic acids is 2. The Hall–Kier alpha value is -2.05. The van der Waals surface area contributed by atoms with Crippen LogP contribution in [0.4, 0.5) is 13.2 Å². The lowest BCUT2D eigenvalue weighted by atomic mass is 10.0. The molecule has 1 rings (SSSR count). The van der Waals surface area contributed by atoms with Crippen molar-refractivity contribution in [2.75, 3.05) is 7.11 Å². The van der Waals surface area contributed by atoms with E-state index >= 15 is 0 Å². The summed E-state index contributed by atoms with van der Waals surface area (Å²) in [6.45, 7) is 0. The van der Waals surface area contributed by atoms with Gasteiger partial charge in [-0.1, -0.05) is 12.1 Å². The Morgan fingerprint density at radius 2 is 1.95 bits per heavy atom. The molecule has 1 N–H and O–H groups in total. The van der Waals surface area contributed by atoms with E-state index in [9.17, 15) is 22.8 Å². The minimum Gasteiger partial charge on any atom is -0.469 e. The van der Waals surface area contributed by atoms with E-state index in [-0.39, 0.29) is 6.42 Å². The monoisotopic (exact) mass is 275 g/mol. The first-order valence-electron chi connectivity index (χ1n) is 5.32. The number of halogens is 3.